The zero-order valence-electron chi connectivity index (χ0n) is 16.4. The number of benzene rings is 2. The molecule has 4 rings (SSSR count). The lowest BCUT2D eigenvalue weighted by Crippen LogP contribution is -2.35. The Morgan fingerprint density at radius 1 is 1.00 bits per heavy atom. The normalized spacial score (nSPS) is 18.2. The van der Waals surface area contributed by atoms with Gasteiger partial charge < -0.3 is 10.2 Å². The molecule has 5 nitrogen and oxygen atoms in total. The first-order valence-corrected chi connectivity index (χ1v) is 10.3. The molecule has 1 N–H and O–H groups in total. The molecule has 0 saturated carbocycles. The van der Waals surface area contributed by atoms with E-state index in [1.165, 1.54) is 0 Å². The molecular weight excluding hydrogens is 398 g/mol. The van der Waals surface area contributed by atoms with Crippen molar-refractivity contribution in [3.63, 3.8) is 0 Å². The van der Waals surface area contributed by atoms with Gasteiger partial charge in [-0.2, -0.15) is 0 Å². The van der Waals surface area contributed by atoms with E-state index in [2.05, 4.69) is 10.3 Å². The molecule has 1 saturated heterocycles. The number of pyridine rings is 1. The first-order valence-electron chi connectivity index (χ1n) is 9.88. The highest BCUT2D eigenvalue weighted by molar-refractivity contribution is 6.30. The first kappa shape index (κ1) is 20.1. The summed E-state index contributed by atoms with van der Waals surface area (Å²) < 4.78 is 0. The monoisotopic (exact) mass is 419 g/mol. The van der Waals surface area contributed by atoms with Crippen LogP contribution in [0.3, 0.4) is 0 Å². The Kier molecular flexibility index (Phi) is 6.10. The number of aromatic nitrogens is 1. The molecule has 2 amide bonds. The van der Waals surface area contributed by atoms with E-state index in [1.54, 1.807) is 41.6 Å². The number of hydrogen-bond acceptors (Lipinski definition) is 3. The summed E-state index contributed by atoms with van der Waals surface area (Å²) in [4.78, 5) is 31.9. The largest absolute Gasteiger partial charge is 0.352 e. The third-order valence-electron chi connectivity index (χ3n) is 5.45. The number of rotatable bonds is 5. The van der Waals surface area contributed by atoms with Crippen molar-refractivity contribution in [2.24, 2.45) is 5.92 Å². The fraction of sp³-hybridized carbons (Fsp3) is 0.208. The minimum absolute atomic E-state index is 0.0564. The van der Waals surface area contributed by atoms with E-state index >= 15 is 0 Å². The summed E-state index contributed by atoms with van der Waals surface area (Å²) in [7, 11) is 0. The van der Waals surface area contributed by atoms with Gasteiger partial charge in [0.1, 0.15) is 0 Å². The van der Waals surface area contributed by atoms with Crippen LogP contribution in [-0.4, -0.2) is 34.8 Å². The molecule has 2 atom stereocenters. The van der Waals surface area contributed by atoms with Crippen LogP contribution in [0, 0.1) is 5.92 Å². The molecule has 0 aliphatic carbocycles. The summed E-state index contributed by atoms with van der Waals surface area (Å²) in [5.74, 6) is -0.522. The third kappa shape index (κ3) is 4.52. The lowest BCUT2D eigenvalue weighted by atomic mass is 9.88. The van der Waals surface area contributed by atoms with Crippen LogP contribution >= 0.6 is 11.6 Å². The van der Waals surface area contributed by atoms with Gasteiger partial charge >= 0.3 is 0 Å². The fourth-order valence-electron chi connectivity index (χ4n) is 3.87. The quantitative estimate of drug-likeness (QED) is 0.682. The first-order chi connectivity index (χ1) is 14.6. The molecule has 1 aromatic heterocycles. The SMILES string of the molecule is O=C(NCc1cccnc1)C1CN(C(=O)c2ccc(Cl)cc2)CC1c1ccccc1. The van der Waals surface area contributed by atoms with Crippen LogP contribution in [0.4, 0.5) is 0 Å². The molecule has 1 aliphatic rings. The summed E-state index contributed by atoms with van der Waals surface area (Å²) in [5, 5.41) is 3.60. The average molecular weight is 420 g/mol. The molecule has 1 fully saturated rings. The maximum Gasteiger partial charge on any atom is 0.253 e. The highest BCUT2D eigenvalue weighted by Crippen LogP contribution is 2.33. The fourth-order valence-corrected chi connectivity index (χ4v) is 4.00. The predicted molar refractivity (Wildman–Crippen MR) is 116 cm³/mol. The van der Waals surface area contributed by atoms with Crippen molar-refractivity contribution in [1.82, 2.24) is 15.2 Å². The number of nitrogens with zero attached hydrogens (tertiary/aromatic N) is 2. The standard InChI is InChI=1S/C24H22ClN3O2/c25-20-10-8-19(9-11-20)24(30)28-15-21(18-6-2-1-3-7-18)22(16-28)23(29)27-14-17-5-4-12-26-13-17/h1-13,21-22H,14-16H2,(H,27,29). The Morgan fingerprint density at radius 2 is 1.77 bits per heavy atom. The van der Waals surface area contributed by atoms with Crippen LogP contribution in [0.2, 0.25) is 5.02 Å². The van der Waals surface area contributed by atoms with Gasteiger partial charge in [-0.05, 0) is 41.5 Å². The smallest absolute Gasteiger partial charge is 0.253 e. The van der Waals surface area contributed by atoms with Crippen molar-refractivity contribution in [1.29, 1.82) is 0 Å². The van der Waals surface area contributed by atoms with Gasteiger partial charge in [0.2, 0.25) is 5.91 Å². The van der Waals surface area contributed by atoms with Crippen molar-refractivity contribution in [3.8, 4) is 0 Å². The van der Waals surface area contributed by atoms with Crippen molar-refractivity contribution in [2.75, 3.05) is 13.1 Å². The minimum atomic E-state index is -0.319. The van der Waals surface area contributed by atoms with Crippen molar-refractivity contribution >= 4 is 23.4 Å². The number of hydrogen-bond donors (Lipinski definition) is 1. The molecule has 6 heteroatoms. The molecule has 0 radical (unpaired) electrons. The number of carbonyl (C=O) groups excluding carboxylic acids is 2. The van der Waals surface area contributed by atoms with Crippen LogP contribution in [0.15, 0.2) is 79.1 Å². The summed E-state index contributed by atoms with van der Waals surface area (Å²) in [6.07, 6.45) is 3.44. The maximum absolute atomic E-state index is 13.1. The Hall–Kier alpha value is -3.18. The van der Waals surface area contributed by atoms with Crippen LogP contribution in [0.25, 0.3) is 0 Å². The average Bonchev–Trinajstić information content (AvgIpc) is 3.24. The number of amides is 2. The molecule has 1 aliphatic heterocycles. The van der Waals surface area contributed by atoms with E-state index in [4.69, 9.17) is 11.6 Å². The van der Waals surface area contributed by atoms with Crippen molar-refractivity contribution in [2.45, 2.75) is 12.5 Å². The second-order valence-electron chi connectivity index (χ2n) is 7.42. The van der Waals surface area contributed by atoms with Gasteiger partial charge in [0.15, 0.2) is 0 Å². The van der Waals surface area contributed by atoms with Gasteiger partial charge in [0, 0.05) is 48.5 Å². The number of halogens is 1. The van der Waals surface area contributed by atoms with Gasteiger partial charge in [-0.1, -0.05) is 48.0 Å². The van der Waals surface area contributed by atoms with Gasteiger partial charge in [-0.25, -0.2) is 0 Å². The Labute approximate surface area is 180 Å². The van der Waals surface area contributed by atoms with Gasteiger partial charge in [-0.15, -0.1) is 0 Å². The van der Waals surface area contributed by atoms with Gasteiger partial charge in [0.25, 0.3) is 5.91 Å². The summed E-state index contributed by atoms with van der Waals surface area (Å²) in [6, 6.07) is 20.5. The van der Waals surface area contributed by atoms with E-state index in [-0.39, 0.29) is 23.7 Å². The Morgan fingerprint density at radius 3 is 2.47 bits per heavy atom. The third-order valence-corrected chi connectivity index (χ3v) is 5.70. The minimum Gasteiger partial charge on any atom is -0.352 e. The Balaban J connectivity index is 1.52. The molecule has 30 heavy (non-hydrogen) atoms. The van der Waals surface area contributed by atoms with Crippen LogP contribution in [0.5, 0.6) is 0 Å². The van der Waals surface area contributed by atoms with E-state index in [9.17, 15) is 9.59 Å². The number of likely N-dealkylation sites (tertiary alicyclic amines) is 1. The topological polar surface area (TPSA) is 62.3 Å². The highest BCUT2D eigenvalue weighted by Gasteiger charge is 2.40. The second kappa shape index (κ2) is 9.09. The van der Waals surface area contributed by atoms with Crippen molar-refractivity contribution < 1.29 is 9.59 Å². The second-order valence-corrected chi connectivity index (χ2v) is 7.86. The summed E-state index contributed by atoms with van der Waals surface area (Å²) in [6.45, 7) is 1.28. The highest BCUT2D eigenvalue weighted by atomic mass is 35.5. The van der Waals surface area contributed by atoms with Crippen LogP contribution in [0.1, 0.15) is 27.4 Å². The van der Waals surface area contributed by atoms with Gasteiger partial charge in [0.05, 0.1) is 5.92 Å². The lowest BCUT2D eigenvalue weighted by molar-refractivity contribution is -0.125. The number of carbonyl (C=O) groups is 2. The number of nitrogens with one attached hydrogen (secondary N) is 1. The Bertz CT molecular complexity index is 1010. The predicted octanol–water partition coefficient (Wildman–Crippen LogP) is 3.91. The van der Waals surface area contributed by atoms with E-state index in [0.717, 1.165) is 11.1 Å². The van der Waals surface area contributed by atoms with Gasteiger partial charge in [-0.3, -0.25) is 14.6 Å². The molecule has 0 bridgehead atoms. The summed E-state index contributed by atoms with van der Waals surface area (Å²) in [5.41, 5.74) is 2.57. The van der Waals surface area contributed by atoms with E-state index in [1.807, 2.05) is 42.5 Å². The molecular formula is C24H22ClN3O2. The lowest BCUT2D eigenvalue weighted by Gasteiger charge is -2.18. The molecule has 2 heterocycles. The van der Waals surface area contributed by atoms with E-state index < -0.39 is 0 Å². The molecule has 3 aromatic rings. The zero-order chi connectivity index (χ0) is 20.9. The zero-order valence-corrected chi connectivity index (χ0v) is 17.1. The van der Waals surface area contributed by atoms with E-state index in [0.29, 0.717) is 30.2 Å². The molecule has 152 valence electrons. The molecule has 2 unspecified atom stereocenters. The van der Waals surface area contributed by atoms with Crippen molar-refractivity contribution in [3.05, 3.63) is 101 Å². The molecule has 2 aromatic carbocycles. The molecule has 0 spiro atoms. The summed E-state index contributed by atoms with van der Waals surface area (Å²) >= 11 is 5.95. The van der Waals surface area contributed by atoms with Crippen LogP contribution < -0.4 is 5.32 Å². The van der Waals surface area contributed by atoms with Crippen LogP contribution in [-0.2, 0) is 11.3 Å². The maximum atomic E-state index is 13.1.